The number of nitrogens with one attached hydrogen (secondary N) is 1. The van der Waals surface area contributed by atoms with Crippen molar-refractivity contribution in [2.45, 2.75) is 46.2 Å². The molecule has 1 saturated heterocycles. The average molecular weight is 332 g/mol. The third-order valence-corrected chi connectivity index (χ3v) is 4.18. The molecule has 6 nitrogen and oxygen atoms in total. The van der Waals surface area contributed by atoms with E-state index in [0.29, 0.717) is 12.5 Å². The summed E-state index contributed by atoms with van der Waals surface area (Å²) in [5.74, 6) is -0.982. The van der Waals surface area contributed by atoms with Gasteiger partial charge in [0.25, 0.3) is 0 Å². The Morgan fingerprint density at radius 2 is 1.54 bits per heavy atom. The summed E-state index contributed by atoms with van der Waals surface area (Å²) in [6.45, 7) is 8.59. The van der Waals surface area contributed by atoms with E-state index in [9.17, 15) is 14.4 Å². The van der Waals surface area contributed by atoms with Gasteiger partial charge in [-0.05, 0) is 25.3 Å². The third-order valence-electron chi connectivity index (χ3n) is 4.18. The van der Waals surface area contributed by atoms with Gasteiger partial charge in [0.15, 0.2) is 6.67 Å². The highest BCUT2D eigenvalue weighted by molar-refractivity contribution is 6.44. The van der Waals surface area contributed by atoms with Crippen LogP contribution in [-0.4, -0.2) is 47.4 Å². The molecule has 24 heavy (non-hydrogen) atoms. The van der Waals surface area contributed by atoms with Gasteiger partial charge < -0.3 is 4.90 Å². The number of carbonyl (C=O) groups excluding carboxylic acids is 3. The minimum absolute atomic E-state index is 0.179. The highest BCUT2D eigenvalue weighted by Crippen LogP contribution is 2.15. The van der Waals surface area contributed by atoms with Crippen LogP contribution in [0.25, 0.3) is 0 Å². The third kappa shape index (κ3) is 3.64. The fraction of sp³-hybridized carbons (Fsp3) is 0.500. The number of amides is 4. The monoisotopic (exact) mass is 332 g/mol. The summed E-state index contributed by atoms with van der Waals surface area (Å²) in [6.07, 6.45) is 0. The Labute approximate surface area is 143 Å². The van der Waals surface area contributed by atoms with Gasteiger partial charge >= 0.3 is 17.8 Å². The van der Waals surface area contributed by atoms with Gasteiger partial charge in [-0.2, -0.15) is 0 Å². The minimum atomic E-state index is -0.733. The van der Waals surface area contributed by atoms with Gasteiger partial charge in [-0.25, -0.2) is 9.69 Å². The molecule has 0 spiro atoms. The SMILES string of the molecule is CC(C)c1ccc(C[NH+](C)CN2C(=O)C(=O)N(C(C)C)C2=O)cc1. The number of rotatable bonds is 6. The molecule has 0 aliphatic carbocycles. The number of quaternary nitrogens is 1. The molecule has 4 amide bonds. The van der Waals surface area contributed by atoms with Crippen molar-refractivity contribution >= 4 is 17.8 Å². The zero-order chi connectivity index (χ0) is 18.0. The standard InChI is InChI=1S/C18H25N3O3/c1-12(2)15-8-6-14(7-9-15)10-19(5)11-20-16(22)17(23)21(13(3)4)18(20)24/h6-9,12-13H,10-11H2,1-5H3/p+1. The van der Waals surface area contributed by atoms with Gasteiger partial charge in [-0.15, -0.1) is 0 Å². The van der Waals surface area contributed by atoms with Crippen molar-refractivity contribution in [2.24, 2.45) is 0 Å². The summed E-state index contributed by atoms with van der Waals surface area (Å²) in [6, 6.07) is 7.50. The van der Waals surface area contributed by atoms with E-state index >= 15 is 0 Å². The normalized spacial score (nSPS) is 16.7. The molecule has 1 atom stereocenters. The molecule has 0 radical (unpaired) electrons. The van der Waals surface area contributed by atoms with E-state index in [-0.39, 0.29) is 12.7 Å². The summed E-state index contributed by atoms with van der Waals surface area (Å²) in [5, 5.41) is 0. The zero-order valence-corrected chi connectivity index (χ0v) is 15.0. The van der Waals surface area contributed by atoms with Crippen LogP contribution >= 0.6 is 0 Å². The van der Waals surface area contributed by atoms with Crippen molar-refractivity contribution in [3.05, 3.63) is 35.4 Å². The number of hydrogen-bond acceptors (Lipinski definition) is 3. The number of carbonyl (C=O) groups is 3. The molecule has 1 fully saturated rings. The molecule has 0 bridgehead atoms. The van der Waals surface area contributed by atoms with E-state index in [2.05, 4.69) is 38.1 Å². The summed E-state index contributed by atoms with van der Waals surface area (Å²) in [4.78, 5) is 39.3. The number of imide groups is 2. The first-order chi connectivity index (χ1) is 11.2. The fourth-order valence-electron chi connectivity index (χ4n) is 2.81. The summed E-state index contributed by atoms with van der Waals surface area (Å²) < 4.78 is 0. The van der Waals surface area contributed by atoms with E-state index in [0.717, 1.165) is 20.3 Å². The first kappa shape index (κ1) is 18.1. The molecule has 1 N–H and O–H groups in total. The van der Waals surface area contributed by atoms with Crippen LogP contribution in [0.5, 0.6) is 0 Å². The maximum absolute atomic E-state index is 12.3. The van der Waals surface area contributed by atoms with E-state index in [1.165, 1.54) is 5.56 Å². The lowest BCUT2D eigenvalue weighted by Crippen LogP contribution is -3.09. The van der Waals surface area contributed by atoms with Gasteiger partial charge in [0.2, 0.25) is 0 Å². The molecule has 1 unspecified atom stereocenters. The number of nitrogens with zero attached hydrogens (tertiary/aromatic N) is 2. The maximum atomic E-state index is 12.3. The Hall–Kier alpha value is -2.21. The summed E-state index contributed by atoms with van der Waals surface area (Å²) >= 11 is 0. The quantitative estimate of drug-likeness (QED) is 0.624. The Morgan fingerprint density at radius 3 is 2.00 bits per heavy atom. The molecule has 1 aliphatic heterocycles. The van der Waals surface area contributed by atoms with E-state index in [1.54, 1.807) is 13.8 Å². The van der Waals surface area contributed by atoms with Gasteiger partial charge in [-0.1, -0.05) is 38.1 Å². The molecule has 2 rings (SSSR count). The molecule has 6 heteroatoms. The Morgan fingerprint density at radius 1 is 0.958 bits per heavy atom. The molecular formula is C18H26N3O3+. The van der Waals surface area contributed by atoms with Crippen LogP contribution in [-0.2, 0) is 16.1 Å². The Bertz CT molecular complexity index is 637. The van der Waals surface area contributed by atoms with Crippen LogP contribution in [0, 0.1) is 0 Å². The highest BCUT2D eigenvalue weighted by Gasteiger charge is 2.46. The summed E-state index contributed by atoms with van der Waals surface area (Å²) in [7, 11) is 1.90. The number of benzene rings is 1. The molecule has 1 aromatic rings. The highest BCUT2D eigenvalue weighted by atomic mass is 16.2. The molecule has 0 saturated carbocycles. The maximum Gasteiger partial charge on any atom is 0.338 e. The first-order valence-electron chi connectivity index (χ1n) is 8.31. The van der Waals surface area contributed by atoms with Crippen LogP contribution < -0.4 is 4.90 Å². The Balaban J connectivity index is 2.01. The van der Waals surface area contributed by atoms with Crippen molar-refractivity contribution in [1.29, 1.82) is 0 Å². The fourth-order valence-corrected chi connectivity index (χ4v) is 2.81. The van der Waals surface area contributed by atoms with Gasteiger partial charge in [0.1, 0.15) is 6.54 Å². The second-order valence-corrected chi connectivity index (χ2v) is 6.97. The van der Waals surface area contributed by atoms with Crippen LogP contribution in [0.2, 0.25) is 0 Å². The predicted molar refractivity (Wildman–Crippen MR) is 90.2 cm³/mol. The van der Waals surface area contributed by atoms with E-state index in [4.69, 9.17) is 0 Å². The molecular weight excluding hydrogens is 306 g/mol. The van der Waals surface area contributed by atoms with E-state index in [1.807, 2.05) is 7.05 Å². The Kier molecular flexibility index (Phi) is 5.39. The van der Waals surface area contributed by atoms with Crippen molar-refractivity contribution in [3.8, 4) is 0 Å². The molecule has 0 aromatic heterocycles. The number of urea groups is 1. The van der Waals surface area contributed by atoms with Crippen molar-refractivity contribution in [3.63, 3.8) is 0 Å². The lowest BCUT2D eigenvalue weighted by Gasteiger charge is -2.21. The topological polar surface area (TPSA) is 62.1 Å². The van der Waals surface area contributed by atoms with Crippen molar-refractivity contribution < 1.29 is 19.3 Å². The van der Waals surface area contributed by atoms with Crippen LogP contribution in [0.4, 0.5) is 4.79 Å². The lowest BCUT2D eigenvalue weighted by atomic mass is 10.0. The molecule has 1 aliphatic rings. The second-order valence-electron chi connectivity index (χ2n) is 6.97. The lowest BCUT2D eigenvalue weighted by molar-refractivity contribution is -0.901. The van der Waals surface area contributed by atoms with Gasteiger partial charge in [-0.3, -0.25) is 14.5 Å². The summed E-state index contributed by atoms with van der Waals surface area (Å²) in [5.41, 5.74) is 2.41. The molecule has 130 valence electrons. The largest absolute Gasteiger partial charge is 0.338 e. The number of hydrogen-bond donors (Lipinski definition) is 1. The van der Waals surface area contributed by atoms with Gasteiger partial charge in [0, 0.05) is 11.6 Å². The van der Waals surface area contributed by atoms with Gasteiger partial charge in [0.05, 0.1) is 7.05 Å². The predicted octanol–water partition coefficient (Wildman–Crippen LogP) is 0.981. The molecule has 1 aromatic carbocycles. The smallest absolute Gasteiger partial charge is 0.316 e. The van der Waals surface area contributed by atoms with Crippen LogP contribution in [0.15, 0.2) is 24.3 Å². The molecule has 1 heterocycles. The van der Waals surface area contributed by atoms with E-state index < -0.39 is 17.8 Å². The van der Waals surface area contributed by atoms with Crippen LogP contribution in [0.1, 0.15) is 44.7 Å². The zero-order valence-electron chi connectivity index (χ0n) is 15.0. The van der Waals surface area contributed by atoms with Crippen molar-refractivity contribution in [2.75, 3.05) is 13.7 Å². The second kappa shape index (κ2) is 7.13. The minimum Gasteiger partial charge on any atom is -0.316 e. The first-order valence-corrected chi connectivity index (χ1v) is 8.31. The van der Waals surface area contributed by atoms with Crippen molar-refractivity contribution in [1.82, 2.24) is 9.80 Å². The van der Waals surface area contributed by atoms with Crippen LogP contribution in [0.3, 0.4) is 0 Å². The average Bonchev–Trinajstić information content (AvgIpc) is 2.71.